The van der Waals surface area contributed by atoms with E-state index in [-0.39, 0.29) is 42.5 Å². The molecule has 1 fully saturated rings. The topological polar surface area (TPSA) is 79.7 Å². The maximum atomic E-state index is 12.7. The zero-order valence-corrected chi connectivity index (χ0v) is 15.7. The third kappa shape index (κ3) is 3.67. The van der Waals surface area contributed by atoms with E-state index in [9.17, 15) is 18.0 Å². The molecule has 26 heavy (non-hydrogen) atoms. The van der Waals surface area contributed by atoms with E-state index >= 15 is 0 Å². The standard InChI is InChI=1S/C17H18ClN3O4S/c1-19-7-6-13(12-16(19)22)17(23)20-8-10-21(11-9-20)26(24,25)15-4-2-14(18)3-5-15/h2-7,12H,8-11H2,1H3. The molecular formula is C17H18ClN3O4S. The van der Waals surface area contributed by atoms with Crippen molar-refractivity contribution in [2.45, 2.75) is 4.90 Å². The minimum absolute atomic E-state index is 0.174. The lowest BCUT2D eigenvalue weighted by Gasteiger charge is -2.34. The first kappa shape index (κ1) is 18.6. The van der Waals surface area contributed by atoms with Crippen molar-refractivity contribution in [3.05, 3.63) is 63.5 Å². The van der Waals surface area contributed by atoms with E-state index in [1.165, 1.54) is 45.4 Å². The summed E-state index contributed by atoms with van der Waals surface area (Å²) < 4.78 is 28.1. The van der Waals surface area contributed by atoms with Gasteiger partial charge in [0.1, 0.15) is 0 Å². The molecule has 0 N–H and O–H groups in total. The second kappa shape index (κ2) is 7.22. The van der Waals surface area contributed by atoms with Gasteiger partial charge in [-0.3, -0.25) is 9.59 Å². The van der Waals surface area contributed by atoms with Crippen molar-refractivity contribution in [3.63, 3.8) is 0 Å². The zero-order valence-electron chi connectivity index (χ0n) is 14.1. The SMILES string of the molecule is Cn1ccc(C(=O)N2CCN(S(=O)(=O)c3ccc(Cl)cc3)CC2)cc1=O. The summed E-state index contributed by atoms with van der Waals surface area (Å²) in [7, 11) is -2.01. The predicted octanol–water partition coefficient (Wildman–Crippen LogP) is 1.19. The Morgan fingerprint density at radius 3 is 2.23 bits per heavy atom. The quantitative estimate of drug-likeness (QED) is 0.781. The van der Waals surface area contributed by atoms with Crippen LogP contribution < -0.4 is 5.56 Å². The minimum atomic E-state index is -3.62. The van der Waals surface area contributed by atoms with Crippen LogP contribution in [0.2, 0.25) is 5.02 Å². The Morgan fingerprint density at radius 2 is 1.65 bits per heavy atom. The van der Waals surface area contributed by atoms with Gasteiger partial charge in [0.2, 0.25) is 10.0 Å². The molecule has 3 rings (SSSR count). The molecule has 2 heterocycles. The molecule has 1 amide bonds. The Hall–Kier alpha value is -2.16. The molecule has 1 aromatic heterocycles. The molecule has 2 aromatic rings. The van der Waals surface area contributed by atoms with Crippen molar-refractivity contribution in [2.24, 2.45) is 7.05 Å². The number of carbonyl (C=O) groups is 1. The Labute approximate surface area is 156 Å². The molecule has 9 heteroatoms. The van der Waals surface area contributed by atoms with Gasteiger partial charge < -0.3 is 9.47 Å². The van der Waals surface area contributed by atoms with Gasteiger partial charge in [0.15, 0.2) is 0 Å². The van der Waals surface area contributed by atoms with Gasteiger partial charge >= 0.3 is 0 Å². The summed E-state index contributed by atoms with van der Waals surface area (Å²) in [6.45, 7) is 0.921. The maximum absolute atomic E-state index is 12.7. The van der Waals surface area contributed by atoms with E-state index in [2.05, 4.69) is 0 Å². The van der Waals surface area contributed by atoms with Crippen molar-refractivity contribution in [1.29, 1.82) is 0 Å². The highest BCUT2D eigenvalue weighted by molar-refractivity contribution is 7.89. The first-order valence-corrected chi connectivity index (χ1v) is 9.82. The van der Waals surface area contributed by atoms with E-state index in [0.717, 1.165) is 0 Å². The predicted molar refractivity (Wildman–Crippen MR) is 97.8 cm³/mol. The number of halogens is 1. The highest BCUT2D eigenvalue weighted by Crippen LogP contribution is 2.20. The summed E-state index contributed by atoms with van der Waals surface area (Å²) >= 11 is 5.80. The van der Waals surface area contributed by atoms with Crippen LogP contribution in [0.5, 0.6) is 0 Å². The van der Waals surface area contributed by atoms with Gasteiger partial charge in [0.05, 0.1) is 4.90 Å². The first-order valence-electron chi connectivity index (χ1n) is 8.01. The van der Waals surface area contributed by atoms with Crippen molar-refractivity contribution >= 4 is 27.5 Å². The number of carbonyl (C=O) groups excluding carboxylic acids is 1. The average Bonchev–Trinajstić information content (AvgIpc) is 2.64. The summed E-state index contributed by atoms with van der Waals surface area (Å²) in [4.78, 5) is 25.9. The minimum Gasteiger partial charge on any atom is -0.336 e. The molecule has 0 aliphatic carbocycles. The number of hydrogen-bond donors (Lipinski definition) is 0. The number of rotatable bonds is 3. The second-order valence-corrected chi connectivity index (χ2v) is 8.39. The van der Waals surface area contributed by atoms with Crippen LogP contribution in [0, 0.1) is 0 Å². The number of aromatic nitrogens is 1. The molecule has 1 aliphatic heterocycles. The first-order chi connectivity index (χ1) is 12.3. The fourth-order valence-corrected chi connectivity index (χ4v) is 4.30. The Bertz CT molecular complexity index is 978. The van der Waals surface area contributed by atoms with Crippen LogP contribution in [0.3, 0.4) is 0 Å². The lowest BCUT2D eigenvalue weighted by Crippen LogP contribution is -2.50. The number of sulfonamides is 1. The number of piperazine rings is 1. The van der Waals surface area contributed by atoms with Crippen LogP contribution in [-0.2, 0) is 17.1 Å². The van der Waals surface area contributed by atoms with Gasteiger partial charge in [0, 0.05) is 56.1 Å². The molecule has 1 aromatic carbocycles. The molecule has 0 unspecified atom stereocenters. The number of amides is 1. The van der Waals surface area contributed by atoms with Crippen molar-refractivity contribution in [2.75, 3.05) is 26.2 Å². The van der Waals surface area contributed by atoms with Gasteiger partial charge in [-0.2, -0.15) is 4.31 Å². The maximum Gasteiger partial charge on any atom is 0.254 e. The summed E-state index contributed by atoms with van der Waals surface area (Å²) in [5, 5.41) is 0.466. The average molecular weight is 396 g/mol. The largest absolute Gasteiger partial charge is 0.336 e. The Morgan fingerprint density at radius 1 is 1.04 bits per heavy atom. The van der Waals surface area contributed by atoms with Gasteiger partial charge in [-0.15, -0.1) is 0 Å². The number of aryl methyl sites for hydroxylation is 1. The Kier molecular flexibility index (Phi) is 5.17. The molecule has 0 bridgehead atoms. The molecular weight excluding hydrogens is 378 g/mol. The van der Waals surface area contributed by atoms with E-state index < -0.39 is 10.0 Å². The molecule has 1 aliphatic rings. The zero-order chi connectivity index (χ0) is 18.9. The van der Waals surface area contributed by atoms with E-state index in [4.69, 9.17) is 11.6 Å². The van der Waals surface area contributed by atoms with Crippen LogP contribution in [0.15, 0.2) is 52.3 Å². The van der Waals surface area contributed by atoms with Crippen molar-refractivity contribution in [3.8, 4) is 0 Å². The monoisotopic (exact) mass is 395 g/mol. The van der Waals surface area contributed by atoms with Gasteiger partial charge in [-0.1, -0.05) is 11.6 Å². The van der Waals surface area contributed by atoms with Crippen molar-refractivity contribution in [1.82, 2.24) is 13.8 Å². The number of benzene rings is 1. The van der Waals surface area contributed by atoms with Gasteiger partial charge in [-0.25, -0.2) is 8.42 Å². The van der Waals surface area contributed by atoms with Crippen LogP contribution >= 0.6 is 11.6 Å². The highest BCUT2D eigenvalue weighted by atomic mass is 35.5. The van der Waals surface area contributed by atoms with Crippen LogP contribution in [-0.4, -0.2) is 54.3 Å². The molecule has 0 atom stereocenters. The summed E-state index contributed by atoms with van der Waals surface area (Å²) in [5.74, 6) is -0.272. The third-order valence-corrected chi connectivity index (χ3v) is 6.49. The molecule has 0 saturated carbocycles. The number of hydrogen-bond acceptors (Lipinski definition) is 4. The summed E-state index contributed by atoms with van der Waals surface area (Å²) in [5.41, 5.74) is 0.0434. The van der Waals surface area contributed by atoms with Crippen LogP contribution in [0.1, 0.15) is 10.4 Å². The number of pyridine rings is 1. The fourth-order valence-electron chi connectivity index (χ4n) is 2.75. The van der Waals surface area contributed by atoms with E-state index in [1.54, 1.807) is 18.0 Å². The Balaban J connectivity index is 1.70. The lowest BCUT2D eigenvalue weighted by atomic mass is 10.2. The highest BCUT2D eigenvalue weighted by Gasteiger charge is 2.30. The van der Waals surface area contributed by atoms with Crippen molar-refractivity contribution < 1.29 is 13.2 Å². The molecule has 0 spiro atoms. The van der Waals surface area contributed by atoms with Gasteiger partial charge in [-0.05, 0) is 30.3 Å². The second-order valence-electron chi connectivity index (χ2n) is 6.01. The van der Waals surface area contributed by atoms with Crippen LogP contribution in [0.4, 0.5) is 0 Å². The van der Waals surface area contributed by atoms with Crippen LogP contribution in [0.25, 0.3) is 0 Å². The van der Waals surface area contributed by atoms with Gasteiger partial charge in [0.25, 0.3) is 11.5 Å². The fraction of sp³-hybridized carbons (Fsp3) is 0.294. The molecule has 1 saturated heterocycles. The van der Waals surface area contributed by atoms with E-state index in [0.29, 0.717) is 10.6 Å². The van der Waals surface area contributed by atoms with E-state index in [1.807, 2.05) is 0 Å². The third-order valence-electron chi connectivity index (χ3n) is 4.33. The summed E-state index contributed by atoms with van der Waals surface area (Å²) in [6, 6.07) is 8.87. The normalized spacial score (nSPS) is 15.8. The lowest BCUT2D eigenvalue weighted by molar-refractivity contribution is 0.0697. The number of nitrogens with zero attached hydrogens (tertiary/aromatic N) is 3. The molecule has 0 radical (unpaired) electrons. The smallest absolute Gasteiger partial charge is 0.254 e. The molecule has 138 valence electrons. The summed E-state index contributed by atoms with van der Waals surface area (Å²) in [6.07, 6.45) is 1.54. The molecule has 7 nitrogen and oxygen atoms in total.